The highest BCUT2D eigenvalue weighted by Crippen LogP contribution is 2.39. The van der Waals surface area contributed by atoms with Crippen LogP contribution >= 0.6 is 0 Å². The number of hydrogen-bond acceptors (Lipinski definition) is 3. The molecule has 1 saturated heterocycles. The molecule has 3 unspecified atom stereocenters. The number of rotatable bonds is 3. The Morgan fingerprint density at radius 2 is 2.00 bits per heavy atom. The highest BCUT2D eigenvalue weighted by Gasteiger charge is 2.55. The molecule has 0 aromatic heterocycles. The van der Waals surface area contributed by atoms with E-state index in [9.17, 15) is 23.1 Å². The van der Waals surface area contributed by atoms with Crippen molar-refractivity contribution in [1.82, 2.24) is 0 Å². The van der Waals surface area contributed by atoms with Crippen LogP contribution in [0.2, 0.25) is 0 Å². The van der Waals surface area contributed by atoms with Crippen molar-refractivity contribution >= 4 is 5.78 Å². The maximum Gasteiger partial charge on any atom is 0.414 e. The molecule has 0 aromatic rings. The minimum absolute atomic E-state index is 0.407. The van der Waals surface area contributed by atoms with Gasteiger partial charge < -0.3 is 9.84 Å². The summed E-state index contributed by atoms with van der Waals surface area (Å²) in [5, 5.41) is 9.57. The maximum absolute atomic E-state index is 12.0. The monoisotopic (exact) mass is 224 g/mol. The molecule has 1 fully saturated rings. The first-order valence-electron chi connectivity index (χ1n) is 4.31. The summed E-state index contributed by atoms with van der Waals surface area (Å²) in [7, 11) is 0. The summed E-state index contributed by atoms with van der Waals surface area (Å²) in [5.41, 5.74) is -1.93. The summed E-state index contributed by atoms with van der Waals surface area (Å²) >= 11 is 0. The molecule has 0 saturated carbocycles. The molecule has 3 nitrogen and oxygen atoms in total. The Balaban J connectivity index is 2.58. The molecule has 1 aliphatic rings. The van der Waals surface area contributed by atoms with Crippen LogP contribution in [0.3, 0.4) is 0 Å². The number of aliphatic hydroxyl groups is 1. The van der Waals surface area contributed by atoms with Crippen LogP contribution in [-0.2, 0) is 9.53 Å². The van der Waals surface area contributed by atoms with Gasteiger partial charge in [-0.25, -0.2) is 0 Å². The molecule has 0 amide bonds. The molecular formula is C9H11F3O3. The molecule has 15 heavy (non-hydrogen) atoms. The van der Waals surface area contributed by atoms with Crippen molar-refractivity contribution in [2.75, 3.05) is 0 Å². The first-order chi connectivity index (χ1) is 6.69. The van der Waals surface area contributed by atoms with Crippen LogP contribution in [0, 0.1) is 0 Å². The Labute approximate surface area is 84.5 Å². The van der Waals surface area contributed by atoms with Crippen molar-refractivity contribution in [2.45, 2.75) is 37.3 Å². The third-order valence-corrected chi connectivity index (χ3v) is 2.43. The van der Waals surface area contributed by atoms with E-state index < -0.39 is 36.2 Å². The Hall–Kier alpha value is -0.880. The molecule has 86 valence electrons. The summed E-state index contributed by atoms with van der Waals surface area (Å²) < 4.78 is 40.5. The van der Waals surface area contributed by atoms with Crippen molar-refractivity contribution in [3.8, 4) is 0 Å². The lowest BCUT2D eigenvalue weighted by atomic mass is 9.86. The van der Waals surface area contributed by atoms with Crippen LogP contribution in [0.15, 0.2) is 12.7 Å². The van der Waals surface area contributed by atoms with E-state index in [0.29, 0.717) is 0 Å². The van der Waals surface area contributed by atoms with Crippen molar-refractivity contribution in [1.29, 1.82) is 0 Å². The second kappa shape index (κ2) is 3.61. The molecule has 3 atom stereocenters. The van der Waals surface area contributed by atoms with Gasteiger partial charge in [-0.1, -0.05) is 6.58 Å². The van der Waals surface area contributed by atoms with Gasteiger partial charge in [-0.05, 0) is 13.0 Å². The minimum Gasteiger partial charge on any atom is -0.379 e. The average Bonchev–Trinajstić information content (AvgIpc) is 1.96. The van der Waals surface area contributed by atoms with E-state index in [1.54, 1.807) is 0 Å². The molecule has 1 aliphatic heterocycles. The van der Waals surface area contributed by atoms with Crippen LogP contribution in [-0.4, -0.2) is 34.9 Å². The molecule has 0 aliphatic carbocycles. The van der Waals surface area contributed by atoms with E-state index in [-0.39, 0.29) is 0 Å². The quantitative estimate of drug-likeness (QED) is 0.733. The molecule has 0 spiro atoms. The third-order valence-electron chi connectivity index (χ3n) is 2.43. The van der Waals surface area contributed by atoms with Gasteiger partial charge in [0.1, 0.15) is 5.60 Å². The number of halogens is 3. The van der Waals surface area contributed by atoms with E-state index in [1.165, 1.54) is 0 Å². The van der Waals surface area contributed by atoms with Gasteiger partial charge in [0, 0.05) is 6.42 Å². The Bertz CT molecular complexity index is 277. The number of alkyl halides is 3. The molecule has 1 N–H and O–H groups in total. The molecular weight excluding hydrogens is 213 g/mol. The standard InChI is InChI=1S/C9H11F3O3/c1-3-5(13)8(2,14)6-4-7(15-6)9(10,11)12/h3,6-7,14H,1,4H2,2H3. The van der Waals surface area contributed by atoms with Gasteiger partial charge in [-0.2, -0.15) is 13.2 Å². The fourth-order valence-electron chi connectivity index (χ4n) is 1.32. The lowest BCUT2D eigenvalue weighted by molar-refractivity contribution is -0.308. The Morgan fingerprint density at radius 3 is 2.33 bits per heavy atom. The highest BCUT2D eigenvalue weighted by molar-refractivity contribution is 5.96. The third kappa shape index (κ3) is 2.21. The minimum atomic E-state index is -4.44. The summed E-state index contributed by atoms with van der Waals surface area (Å²) in [5.74, 6) is -0.742. The van der Waals surface area contributed by atoms with Crippen LogP contribution in [0.25, 0.3) is 0 Å². The van der Waals surface area contributed by atoms with Crippen LogP contribution in [0.1, 0.15) is 13.3 Å². The van der Waals surface area contributed by atoms with Crippen molar-refractivity contribution < 1.29 is 27.8 Å². The van der Waals surface area contributed by atoms with Crippen LogP contribution in [0.5, 0.6) is 0 Å². The zero-order chi connectivity index (χ0) is 11.9. The second-order valence-corrected chi connectivity index (χ2v) is 3.61. The normalized spacial score (nSPS) is 30.2. The Kier molecular flexibility index (Phi) is 2.93. The lowest BCUT2D eigenvalue weighted by Crippen LogP contribution is -2.59. The number of carbonyl (C=O) groups is 1. The van der Waals surface area contributed by atoms with E-state index in [2.05, 4.69) is 11.3 Å². The summed E-state index contributed by atoms with van der Waals surface area (Å²) in [6, 6.07) is 0. The molecule has 0 radical (unpaired) electrons. The summed E-state index contributed by atoms with van der Waals surface area (Å²) in [4.78, 5) is 11.1. The summed E-state index contributed by atoms with van der Waals surface area (Å²) in [6.45, 7) is 4.27. The first-order valence-corrected chi connectivity index (χ1v) is 4.31. The predicted molar refractivity (Wildman–Crippen MR) is 45.2 cm³/mol. The SMILES string of the molecule is C=CC(=O)C(C)(O)C1CC(C(F)(F)F)O1. The number of ether oxygens (including phenoxy) is 1. The number of ketones is 1. The van der Waals surface area contributed by atoms with E-state index in [0.717, 1.165) is 13.0 Å². The zero-order valence-corrected chi connectivity index (χ0v) is 8.04. The van der Waals surface area contributed by atoms with Gasteiger partial charge in [0.25, 0.3) is 0 Å². The predicted octanol–water partition coefficient (Wildman–Crippen LogP) is 1.21. The van der Waals surface area contributed by atoms with Crippen LogP contribution < -0.4 is 0 Å². The van der Waals surface area contributed by atoms with Gasteiger partial charge in [-0.15, -0.1) is 0 Å². The second-order valence-electron chi connectivity index (χ2n) is 3.61. The van der Waals surface area contributed by atoms with E-state index >= 15 is 0 Å². The summed E-state index contributed by atoms with van der Waals surface area (Å²) in [6.07, 6.45) is -6.98. The van der Waals surface area contributed by atoms with Crippen LogP contribution in [0.4, 0.5) is 13.2 Å². The molecule has 1 heterocycles. The van der Waals surface area contributed by atoms with Crippen molar-refractivity contribution in [3.63, 3.8) is 0 Å². The fourth-order valence-corrected chi connectivity index (χ4v) is 1.32. The number of carbonyl (C=O) groups excluding carboxylic acids is 1. The smallest absolute Gasteiger partial charge is 0.379 e. The first kappa shape index (κ1) is 12.2. The topological polar surface area (TPSA) is 46.5 Å². The van der Waals surface area contributed by atoms with Crippen molar-refractivity contribution in [3.05, 3.63) is 12.7 Å². The molecule has 6 heteroatoms. The van der Waals surface area contributed by atoms with Gasteiger partial charge in [0.2, 0.25) is 0 Å². The average molecular weight is 224 g/mol. The fraction of sp³-hybridized carbons (Fsp3) is 0.667. The van der Waals surface area contributed by atoms with E-state index in [4.69, 9.17) is 0 Å². The van der Waals surface area contributed by atoms with E-state index in [1.807, 2.05) is 0 Å². The molecule has 1 rings (SSSR count). The van der Waals surface area contributed by atoms with Gasteiger partial charge in [0.15, 0.2) is 11.9 Å². The number of hydrogen-bond donors (Lipinski definition) is 1. The Morgan fingerprint density at radius 1 is 1.53 bits per heavy atom. The maximum atomic E-state index is 12.0. The van der Waals surface area contributed by atoms with Crippen molar-refractivity contribution in [2.24, 2.45) is 0 Å². The molecule has 0 bridgehead atoms. The zero-order valence-electron chi connectivity index (χ0n) is 8.04. The molecule has 0 aromatic carbocycles. The largest absolute Gasteiger partial charge is 0.414 e. The van der Waals surface area contributed by atoms with Gasteiger partial charge in [-0.3, -0.25) is 4.79 Å². The lowest BCUT2D eigenvalue weighted by Gasteiger charge is -2.43. The van der Waals surface area contributed by atoms with Gasteiger partial charge in [0.05, 0.1) is 6.10 Å². The highest BCUT2D eigenvalue weighted by atomic mass is 19.4. The van der Waals surface area contributed by atoms with Gasteiger partial charge >= 0.3 is 6.18 Å².